The molecule has 0 saturated heterocycles. The van der Waals surface area contributed by atoms with Gasteiger partial charge >= 0.3 is 0 Å². The Hall–Kier alpha value is -1.00. The third kappa shape index (κ3) is 4.79. The molecule has 0 bridgehead atoms. The second kappa shape index (κ2) is 7.35. The first-order chi connectivity index (χ1) is 8.17. The van der Waals surface area contributed by atoms with Gasteiger partial charge in [0.05, 0.1) is 0 Å². The Kier molecular flexibility index (Phi) is 6.08. The molecular formula is C13H20N2OS. The number of amides is 1. The summed E-state index contributed by atoms with van der Waals surface area (Å²) in [6.07, 6.45) is 0.562. The molecule has 1 aromatic rings. The monoisotopic (exact) mass is 252 g/mol. The Morgan fingerprint density at radius 3 is 2.82 bits per heavy atom. The minimum Gasteiger partial charge on any atom is -0.359 e. The lowest BCUT2D eigenvalue weighted by atomic mass is 10.1. The van der Waals surface area contributed by atoms with Crippen LogP contribution in [-0.4, -0.2) is 25.8 Å². The number of carbonyl (C=O) groups excluding carboxylic acids is 1. The van der Waals surface area contributed by atoms with Crippen molar-refractivity contribution in [3.8, 4) is 0 Å². The highest BCUT2D eigenvalue weighted by Crippen LogP contribution is 2.22. The van der Waals surface area contributed by atoms with E-state index < -0.39 is 0 Å². The molecule has 0 heterocycles. The molecule has 0 saturated carbocycles. The summed E-state index contributed by atoms with van der Waals surface area (Å²) >= 11 is 1.72. The van der Waals surface area contributed by atoms with E-state index in [4.69, 9.17) is 0 Å². The largest absolute Gasteiger partial charge is 0.359 e. The van der Waals surface area contributed by atoms with Gasteiger partial charge in [0.15, 0.2) is 0 Å². The fourth-order valence-electron chi connectivity index (χ4n) is 1.43. The van der Waals surface area contributed by atoms with Gasteiger partial charge in [0.25, 0.3) is 0 Å². The summed E-state index contributed by atoms with van der Waals surface area (Å²) in [4.78, 5) is 12.3. The van der Waals surface area contributed by atoms with Crippen molar-refractivity contribution in [1.29, 1.82) is 0 Å². The molecule has 2 N–H and O–H groups in total. The van der Waals surface area contributed by atoms with E-state index in [1.807, 2.05) is 7.05 Å². The fraction of sp³-hybridized carbons (Fsp3) is 0.462. The van der Waals surface area contributed by atoms with E-state index in [-0.39, 0.29) is 5.91 Å². The standard InChI is InChI=1S/C13H20N2OS/c1-10(14-2)11-5-4-6-12(9-11)17-8-7-13(16)15-3/h4-6,9-10,14H,7-8H2,1-3H3,(H,15,16). The van der Waals surface area contributed by atoms with Crippen LogP contribution in [0.15, 0.2) is 29.2 Å². The van der Waals surface area contributed by atoms with Crippen LogP contribution in [0.4, 0.5) is 0 Å². The summed E-state index contributed by atoms with van der Waals surface area (Å²) in [5.41, 5.74) is 1.28. The van der Waals surface area contributed by atoms with Crippen LogP contribution in [0.25, 0.3) is 0 Å². The summed E-state index contributed by atoms with van der Waals surface area (Å²) in [5, 5.41) is 5.85. The van der Waals surface area contributed by atoms with Crippen molar-refractivity contribution < 1.29 is 4.79 Å². The molecule has 1 amide bonds. The van der Waals surface area contributed by atoms with Crippen molar-refractivity contribution in [3.05, 3.63) is 29.8 Å². The van der Waals surface area contributed by atoms with Crippen molar-refractivity contribution in [2.24, 2.45) is 0 Å². The van der Waals surface area contributed by atoms with Crippen LogP contribution in [-0.2, 0) is 4.79 Å². The van der Waals surface area contributed by atoms with Crippen molar-refractivity contribution in [3.63, 3.8) is 0 Å². The maximum absolute atomic E-state index is 11.1. The van der Waals surface area contributed by atoms with Gasteiger partial charge in [-0.3, -0.25) is 4.79 Å². The second-order valence-electron chi connectivity index (χ2n) is 3.85. The smallest absolute Gasteiger partial charge is 0.220 e. The molecule has 0 spiro atoms. The number of hydrogen-bond donors (Lipinski definition) is 2. The fourth-order valence-corrected chi connectivity index (χ4v) is 2.34. The van der Waals surface area contributed by atoms with Crippen molar-refractivity contribution >= 4 is 17.7 Å². The highest BCUT2D eigenvalue weighted by atomic mass is 32.2. The zero-order valence-corrected chi connectivity index (χ0v) is 11.4. The number of rotatable bonds is 6. The van der Waals surface area contributed by atoms with Gasteiger partial charge in [-0.25, -0.2) is 0 Å². The van der Waals surface area contributed by atoms with Crippen LogP contribution < -0.4 is 10.6 Å². The Bertz CT molecular complexity index is 368. The van der Waals surface area contributed by atoms with Crippen LogP contribution in [0.2, 0.25) is 0 Å². The van der Waals surface area contributed by atoms with Gasteiger partial charge in [0, 0.05) is 30.2 Å². The topological polar surface area (TPSA) is 41.1 Å². The Balaban J connectivity index is 2.51. The molecule has 0 aliphatic heterocycles. The summed E-state index contributed by atoms with van der Waals surface area (Å²) < 4.78 is 0. The molecular weight excluding hydrogens is 232 g/mol. The SMILES string of the molecule is CNC(=O)CCSc1cccc(C(C)NC)c1. The van der Waals surface area contributed by atoms with E-state index in [0.717, 1.165) is 5.75 Å². The van der Waals surface area contributed by atoms with Crippen LogP contribution in [0.1, 0.15) is 24.9 Å². The number of benzene rings is 1. The summed E-state index contributed by atoms with van der Waals surface area (Å²) in [5.74, 6) is 0.911. The Labute approximate surface area is 107 Å². The average Bonchev–Trinajstić information content (AvgIpc) is 2.38. The molecule has 1 aromatic carbocycles. The first-order valence-electron chi connectivity index (χ1n) is 5.78. The average molecular weight is 252 g/mol. The van der Waals surface area contributed by atoms with Crippen LogP contribution in [0, 0.1) is 0 Å². The maximum Gasteiger partial charge on any atom is 0.220 e. The lowest BCUT2D eigenvalue weighted by Gasteiger charge is -2.11. The lowest BCUT2D eigenvalue weighted by molar-refractivity contribution is -0.120. The molecule has 1 unspecified atom stereocenters. The minimum absolute atomic E-state index is 0.0947. The molecule has 3 nitrogen and oxygen atoms in total. The van der Waals surface area contributed by atoms with Gasteiger partial charge in [-0.2, -0.15) is 0 Å². The molecule has 0 aliphatic carbocycles. The van der Waals surface area contributed by atoms with E-state index in [1.54, 1.807) is 18.8 Å². The van der Waals surface area contributed by atoms with E-state index in [2.05, 4.69) is 41.8 Å². The van der Waals surface area contributed by atoms with Gasteiger partial charge in [-0.1, -0.05) is 12.1 Å². The molecule has 0 radical (unpaired) electrons. The third-order valence-electron chi connectivity index (χ3n) is 2.67. The summed E-state index contributed by atoms with van der Waals surface area (Å²) in [6, 6.07) is 8.79. The van der Waals surface area contributed by atoms with Crippen molar-refractivity contribution in [2.45, 2.75) is 24.3 Å². The number of nitrogens with one attached hydrogen (secondary N) is 2. The van der Waals surface area contributed by atoms with Gasteiger partial charge in [0.2, 0.25) is 5.91 Å². The predicted octanol–water partition coefficient (Wildman–Crippen LogP) is 2.20. The van der Waals surface area contributed by atoms with Crippen molar-refractivity contribution in [2.75, 3.05) is 19.8 Å². The normalized spacial score (nSPS) is 12.2. The van der Waals surface area contributed by atoms with E-state index in [1.165, 1.54) is 10.5 Å². The van der Waals surface area contributed by atoms with E-state index in [9.17, 15) is 4.79 Å². The molecule has 94 valence electrons. The van der Waals surface area contributed by atoms with Gasteiger partial charge in [-0.05, 0) is 31.7 Å². The lowest BCUT2D eigenvalue weighted by Crippen LogP contribution is -2.17. The van der Waals surface area contributed by atoms with E-state index in [0.29, 0.717) is 12.5 Å². The van der Waals surface area contributed by atoms with Crippen LogP contribution in [0.5, 0.6) is 0 Å². The third-order valence-corrected chi connectivity index (χ3v) is 3.66. The van der Waals surface area contributed by atoms with Gasteiger partial charge in [-0.15, -0.1) is 11.8 Å². The van der Waals surface area contributed by atoms with Crippen LogP contribution >= 0.6 is 11.8 Å². The summed E-state index contributed by atoms with van der Waals surface area (Å²) in [6.45, 7) is 2.13. The number of hydrogen-bond acceptors (Lipinski definition) is 3. The molecule has 0 aliphatic rings. The highest BCUT2D eigenvalue weighted by molar-refractivity contribution is 7.99. The molecule has 0 aromatic heterocycles. The molecule has 1 atom stereocenters. The molecule has 17 heavy (non-hydrogen) atoms. The Morgan fingerprint density at radius 2 is 2.18 bits per heavy atom. The number of carbonyl (C=O) groups is 1. The first-order valence-corrected chi connectivity index (χ1v) is 6.76. The maximum atomic E-state index is 11.1. The Morgan fingerprint density at radius 1 is 1.41 bits per heavy atom. The first kappa shape index (κ1) is 14.1. The van der Waals surface area contributed by atoms with Crippen LogP contribution in [0.3, 0.4) is 0 Å². The molecule has 4 heteroatoms. The molecule has 0 fully saturated rings. The van der Waals surface area contributed by atoms with E-state index >= 15 is 0 Å². The summed E-state index contributed by atoms with van der Waals surface area (Å²) in [7, 11) is 3.62. The molecule has 1 rings (SSSR count). The zero-order valence-electron chi connectivity index (χ0n) is 10.6. The highest BCUT2D eigenvalue weighted by Gasteiger charge is 2.04. The van der Waals surface area contributed by atoms with Crippen molar-refractivity contribution in [1.82, 2.24) is 10.6 Å². The minimum atomic E-state index is 0.0947. The van der Waals surface area contributed by atoms with Gasteiger partial charge < -0.3 is 10.6 Å². The predicted molar refractivity (Wildman–Crippen MR) is 73.3 cm³/mol. The quantitative estimate of drug-likeness (QED) is 0.763. The number of thioether (sulfide) groups is 1. The zero-order chi connectivity index (χ0) is 12.7. The second-order valence-corrected chi connectivity index (χ2v) is 5.02. The van der Waals surface area contributed by atoms with Gasteiger partial charge in [0.1, 0.15) is 0 Å².